The summed E-state index contributed by atoms with van der Waals surface area (Å²) in [5.41, 5.74) is 7.43. The largest absolute Gasteiger partial charge is 0.381 e. The number of nitrogens with one attached hydrogen (secondary N) is 2. The quantitative estimate of drug-likeness (QED) is 0.600. The molecule has 5 rings (SSSR count). The molecule has 0 aliphatic carbocycles. The third kappa shape index (κ3) is 5.75. The topological polar surface area (TPSA) is 69.8 Å². The molecule has 0 radical (unpaired) electrons. The van der Waals surface area contributed by atoms with Gasteiger partial charge in [-0.3, -0.25) is 9.69 Å². The molecular weight excluding hydrogens is 440 g/mol. The summed E-state index contributed by atoms with van der Waals surface area (Å²) in [7, 11) is 0. The number of dihydropyridines is 1. The number of carbonyl (C=O) groups excluding carboxylic acids is 1. The highest BCUT2D eigenvalue weighted by Gasteiger charge is 2.17. The van der Waals surface area contributed by atoms with Crippen molar-refractivity contribution < 1.29 is 14.3 Å². The van der Waals surface area contributed by atoms with Gasteiger partial charge < -0.3 is 24.7 Å². The molecule has 1 aromatic heterocycles. The van der Waals surface area contributed by atoms with Crippen molar-refractivity contribution in [2.75, 3.05) is 57.5 Å². The number of H-pyrrole nitrogens is 1. The van der Waals surface area contributed by atoms with Crippen molar-refractivity contribution in [3.63, 3.8) is 0 Å². The van der Waals surface area contributed by atoms with E-state index in [4.69, 9.17) is 9.47 Å². The minimum Gasteiger partial charge on any atom is -0.381 e. The molecule has 1 unspecified atom stereocenters. The second-order valence-corrected chi connectivity index (χ2v) is 9.27. The molecule has 0 bridgehead atoms. The molecule has 1 aromatic carbocycles. The smallest absolute Gasteiger partial charge is 0.151 e. The maximum Gasteiger partial charge on any atom is 0.151 e. The highest BCUT2D eigenvalue weighted by Crippen LogP contribution is 2.27. The van der Waals surface area contributed by atoms with Crippen molar-refractivity contribution in [2.24, 2.45) is 0 Å². The first-order chi connectivity index (χ1) is 17.2. The summed E-state index contributed by atoms with van der Waals surface area (Å²) in [4.78, 5) is 19.5. The van der Waals surface area contributed by atoms with Crippen LogP contribution in [0.3, 0.4) is 0 Å². The van der Waals surface area contributed by atoms with Crippen LogP contribution in [0.4, 0.5) is 5.69 Å². The zero-order chi connectivity index (χ0) is 24.0. The van der Waals surface area contributed by atoms with Gasteiger partial charge in [0.05, 0.1) is 32.5 Å². The van der Waals surface area contributed by atoms with Crippen LogP contribution in [0.5, 0.6) is 0 Å². The van der Waals surface area contributed by atoms with Crippen LogP contribution in [0.2, 0.25) is 0 Å². The van der Waals surface area contributed by atoms with E-state index in [1.54, 1.807) is 0 Å². The molecular formula is C28H34N4O3. The van der Waals surface area contributed by atoms with Crippen molar-refractivity contribution in [1.29, 1.82) is 0 Å². The lowest BCUT2D eigenvalue weighted by Crippen LogP contribution is -2.37. The van der Waals surface area contributed by atoms with Gasteiger partial charge in [0.25, 0.3) is 0 Å². The van der Waals surface area contributed by atoms with Gasteiger partial charge in [-0.2, -0.15) is 0 Å². The molecule has 2 fully saturated rings. The number of carbonyl (C=O) groups is 1. The second-order valence-electron chi connectivity index (χ2n) is 9.27. The van der Waals surface area contributed by atoms with Gasteiger partial charge in [-0.1, -0.05) is 24.3 Å². The number of hydrogen-bond acceptors (Lipinski definition) is 6. The fraction of sp³-hybridized carbons (Fsp3) is 0.393. The third-order valence-corrected chi connectivity index (χ3v) is 6.84. The molecule has 1 atom stereocenters. The number of aryl methyl sites for hydroxylation is 1. The normalized spacial score (nSPS) is 21.2. The van der Waals surface area contributed by atoms with E-state index in [9.17, 15) is 4.79 Å². The van der Waals surface area contributed by atoms with Gasteiger partial charge in [0, 0.05) is 55.4 Å². The number of aromatic amines is 1. The highest BCUT2D eigenvalue weighted by molar-refractivity contribution is 5.82. The molecule has 184 valence electrons. The Kier molecular flexibility index (Phi) is 7.47. The van der Waals surface area contributed by atoms with Crippen LogP contribution >= 0.6 is 0 Å². The van der Waals surface area contributed by atoms with Crippen LogP contribution in [0.1, 0.15) is 32.9 Å². The van der Waals surface area contributed by atoms with Crippen molar-refractivity contribution in [1.82, 2.24) is 15.2 Å². The van der Waals surface area contributed by atoms with Crippen LogP contribution in [-0.2, 0) is 16.0 Å². The predicted octanol–water partition coefficient (Wildman–Crippen LogP) is 3.39. The zero-order valence-corrected chi connectivity index (χ0v) is 20.3. The predicted molar refractivity (Wildman–Crippen MR) is 140 cm³/mol. The lowest BCUT2D eigenvalue weighted by Gasteiger charge is -2.31. The van der Waals surface area contributed by atoms with Gasteiger partial charge in [-0.25, -0.2) is 0 Å². The summed E-state index contributed by atoms with van der Waals surface area (Å²) >= 11 is 0. The Labute approximate surface area is 207 Å². The van der Waals surface area contributed by atoms with Crippen molar-refractivity contribution in [2.45, 2.75) is 19.5 Å². The molecule has 0 amide bonds. The molecule has 4 heterocycles. The van der Waals surface area contributed by atoms with Crippen LogP contribution < -0.4 is 10.2 Å². The average molecular weight is 475 g/mol. The molecule has 7 nitrogen and oxygen atoms in total. The number of benzene rings is 1. The lowest BCUT2D eigenvalue weighted by molar-refractivity contribution is 0.0342. The number of morpholine rings is 2. The number of aromatic nitrogens is 1. The second kappa shape index (κ2) is 11.1. The number of ether oxygens (including phenoxy) is 2. The SMILES string of the molecule is Cc1[nH]c(C2=CC(/C=C/c3ccc(CN4CCOCC4)cc3N3CCOCC3)NC=C2)cc1C=O. The third-order valence-electron chi connectivity index (χ3n) is 6.84. The minimum absolute atomic E-state index is 0.0591. The van der Waals surface area contributed by atoms with Crippen molar-refractivity contribution in [3.8, 4) is 0 Å². The Balaban J connectivity index is 1.36. The van der Waals surface area contributed by atoms with Crippen molar-refractivity contribution in [3.05, 3.63) is 76.8 Å². The molecule has 2 N–H and O–H groups in total. The number of aldehydes is 1. The monoisotopic (exact) mass is 474 g/mol. The Morgan fingerprint density at radius 2 is 1.80 bits per heavy atom. The van der Waals surface area contributed by atoms with Gasteiger partial charge in [-0.05, 0) is 54.1 Å². The molecule has 2 saturated heterocycles. The first-order valence-electron chi connectivity index (χ1n) is 12.4. The standard InChI is InChI=1S/C28H34N4O3/c1-21-25(20-33)18-27(30-21)24-6-7-29-26(17-24)5-4-23-3-2-22(19-31-8-12-34-13-9-31)16-28(23)32-10-14-35-15-11-32/h2-7,16-18,20,26,29-30H,8-15,19H2,1H3/b5-4+. The van der Waals surface area contributed by atoms with Crippen molar-refractivity contribution >= 4 is 23.6 Å². The molecule has 2 aromatic rings. The fourth-order valence-electron chi connectivity index (χ4n) is 4.82. The number of nitrogens with zero attached hydrogens (tertiary/aromatic N) is 2. The highest BCUT2D eigenvalue weighted by atomic mass is 16.5. The van der Waals surface area contributed by atoms with Crippen LogP contribution in [-0.4, -0.2) is 74.8 Å². The summed E-state index contributed by atoms with van der Waals surface area (Å²) in [6.07, 6.45) is 11.5. The molecule has 0 saturated carbocycles. The number of anilines is 1. The summed E-state index contributed by atoms with van der Waals surface area (Å²) in [5, 5.41) is 3.41. The van der Waals surface area contributed by atoms with E-state index in [1.807, 2.05) is 25.3 Å². The maximum absolute atomic E-state index is 11.2. The maximum atomic E-state index is 11.2. The van der Waals surface area contributed by atoms with Crippen LogP contribution in [0, 0.1) is 6.92 Å². The van der Waals surface area contributed by atoms with Crippen LogP contribution in [0.25, 0.3) is 11.6 Å². The molecule has 7 heteroatoms. The van der Waals surface area contributed by atoms with Crippen LogP contribution in [0.15, 0.2) is 48.7 Å². The Morgan fingerprint density at radius 1 is 1.03 bits per heavy atom. The Bertz CT molecular complexity index is 1120. The number of allylic oxidation sites excluding steroid dienone is 2. The van der Waals surface area contributed by atoms with Gasteiger partial charge in [0.15, 0.2) is 6.29 Å². The van der Waals surface area contributed by atoms with Gasteiger partial charge in [0.1, 0.15) is 0 Å². The Hall–Kier alpha value is -3.13. The summed E-state index contributed by atoms with van der Waals surface area (Å²) < 4.78 is 11.1. The number of hydrogen-bond donors (Lipinski definition) is 2. The van der Waals surface area contributed by atoms with E-state index >= 15 is 0 Å². The summed E-state index contributed by atoms with van der Waals surface area (Å²) in [6, 6.07) is 8.80. The molecule has 3 aliphatic heterocycles. The number of rotatable bonds is 7. The van der Waals surface area contributed by atoms with E-state index in [-0.39, 0.29) is 6.04 Å². The molecule has 35 heavy (non-hydrogen) atoms. The Morgan fingerprint density at radius 3 is 2.54 bits per heavy atom. The minimum atomic E-state index is 0.0591. The zero-order valence-electron chi connectivity index (χ0n) is 20.3. The van der Waals surface area contributed by atoms with E-state index in [0.29, 0.717) is 5.56 Å². The van der Waals surface area contributed by atoms with E-state index < -0.39 is 0 Å². The first-order valence-corrected chi connectivity index (χ1v) is 12.4. The van der Waals surface area contributed by atoms with Gasteiger partial charge in [-0.15, -0.1) is 0 Å². The van der Waals surface area contributed by atoms with Gasteiger partial charge >= 0.3 is 0 Å². The summed E-state index contributed by atoms with van der Waals surface area (Å²) in [5.74, 6) is 0. The first kappa shape index (κ1) is 23.6. The van der Waals surface area contributed by atoms with E-state index in [0.717, 1.165) is 82.4 Å². The van der Waals surface area contributed by atoms with E-state index in [1.165, 1.54) is 16.8 Å². The fourth-order valence-corrected chi connectivity index (χ4v) is 4.82. The molecule has 3 aliphatic rings. The molecule has 0 spiro atoms. The lowest BCUT2D eigenvalue weighted by atomic mass is 10.0. The average Bonchev–Trinajstić information content (AvgIpc) is 3.30. The summed E-state index contributed by atoms with van der Waals surface area (Å²) in [6.45, 7) is 9.80. The van der Waals surface area contributed by atoms with Gasteiger partial charge in [0.2, 0.25) is 0 Å². The van der Waals surface area contributed by atoms with E-state index in [2.05, 4.69) is 56.5 Å².